The highest BCUT2D eigenvalue weighted by Crippen LogP contribution is 2.26. The fraction of sp³-hybridized carbons (Fsp3) is 0.440. The quantitative estimate of drug-likeness (QED) is 0.604. The lowest BCUT2D eigenvalue weighted by Gasteiger charge is -2.37. The number of halogens is 2. The molecule has 0 spiro atoms. The van der Waals surface area contributed by atoms with Crippen molar-refractivity contribution in [2.45, 2.75) is 37.8 Å². The Bertz CT molecular complexity index is 948. The average molecular weight is 475 g/mol. The molecule has 1 atom stereocenters. The standard InChI is InChI=1S/C25H28ClFN2O4/c26-19-7-11-22(12-8-19)33-17-24(30)28-13-14-32-23(15-28)16-29(21-3-1-2-4-21)25(31)18-5-9-20(27)10-6-18/h5-12,21,23H,1-4,13-17H2. The van der Waals surface area contributed by atoms with Crippen molar-refractivity contribution in [3.63, 3.8) is 0 Å². The summed E-state index contributed by atoms with van der Waals surface area (Å²) in [4.78, 5) is 29.5. The first-order valence-corrected chi connectivity index (χ1v) is 11.7. The lowest BCUT2D eigenvalue weighted by molar-refractivity contribution is -0.141. The maximum absolute atomic E-state index is 13.3. The summed E-state index contributed by atoms with van der Waals surface area (Å²) in [6.07, 6.45) is 3.75. The van der Waals surface area contributed by atoms with Crippen LogP contribution in [0.1, 0.15) is 36.0 Å². The third kappa shape index (κ3) is 6.24. The largest absolute Gasteiger partial charge is 0.484 e. The molecule has 1 saturated carbocycles. The molecular weight excluding hydrogens is 447 g/mol. The molecule has 0 aromatic heterocycles. The fourth-order valence-electron chi connectivity index (χ4n) is 4.41. The number of morpholine rings is 1. The van der Waals surface area contributed by atoms with Gasteiger partial charge in [-0.1, -0.05) is 24.4 Å². The molecule has 4 rings (SSSR count). The molecule has 0 radical (unpaired) electrons. The number of benzene rings is 2. The topological polar surface area (TPSA) is 59.1 Å². The van der Waals surface area contributed by atoms with Crippen LogP contribution in [0.2, 0.25) is 5.02 Å². The number of nitrogens with zero attached hydrogens (tertiary/aromatic N) is 2. The summed E-state index contributed by atoms with van der Waals surface area (Å²) >= 11 is 5.88. The van der Waals surface area contributed by atoms with Gasteiger partial charge in [0.2, 0.25) is 0 Å². The van der Waals surface area contributed by atoms with Gasteiger partial charge in [-0.2, -0.15) is 0 Å². The third-order valence-corrected chi connectivity index (χ3v) is 6.44. The Morgan fingerprint density at radius 1 is 1.09 bits per heavy atom. The Hall–Kier alpha value is -2.64. The second-order valence-electron chi connectivity index (χ2n) is 8.48. The molecule has 6 nitrogen and oxygen atoms in total. The zero-order chi connectivity index (χ0) is 23.2. The third-order valence-electron chi connectivity index (χ3n) is 6.19. The average Bonchev–Trinajstić information content (AvgIpc) is 3.37. The van der Waals surface area contributed by atoms with Crippen molar-refractivity contribution in [3.8, 4) is 5.75 Å². The molecule has 2 amide bonds. The van der Waals surface area contributed by atoms with Gasteiger partial charge in [0.25, 0.3) is 11.8 Å². The van der Waals surface area contributed by atoms with E-state index in [0.29, 0.717) is 42.6 Å². The van der Waals surface area contributed by atoms with E-state index in [9.17, 15) is 14.0 Å². The molecule has 1 saturated heterocycles. The van der Waals surface area contributed by atoms with Crippen molar-refractivity contribution in [2.24, 2.45) is 0 Å². The molecule has 2 aromatic carbocycles. The summed E-state index contributed by atoms with van der Waals surface area (Å²) in [5, 5.41) is 0.603. The number of ether oxygens (including phenoxy) is 2. The van der Waals surface area contributed by atoms with E-state index in [1.165, 1.54) is 24.3 Å². The van der Waals surface area contributed by atoms with Gasteiger partial charge in [0.05, 0.1) is 12.7 Å². The first-order valence-electron chi connectivity index (χ1n) is 11.3. The lowest BCUT2D eigenvalue weighted by atomic mass is 10.1. The zero-order valence-electron chi connectivity index (χ0n) is 18.4. The van der Waals surface area contributed by atoms with Crippen LogP contribution in [-0.2, 0) is 9.53 Å². The molecule has 0 N–H and O–H groups in total. The van der Waals surface area contributed by atoms with Crippen LogP contribution in [-0.4, -0.2) is 66.6 Å². The molecule has 1 heterocycles. The van der Waals surface area contributed by atoms with Gasteiger partial charge in [-0.05, 0) is 61.4 Å². The highest BCUT2D eigenvalue weighted by Gasteiger charge is 2.32. The summed E-state index contributed by atoms with van der Waals surface area (Å²) in [5.74, 6) is -0.0463. The van der Waals surface area contributed by atoms with E-state index in [1.807, 2.05) is 4.90 Å². The summed E-state index contributed by atoms with van der Waals surface area (Å²) in [7, 11) is 0. The number of carbonyl (C=O) groups excluding carboxylic acids is 2. The zero-order valence-corrected chi connectivity index (χ0v) is 19.2. The van der Waals surface area contributed by atoms with Gasteiger partial charge in [0.1, 0.15) is 11.6 Å². The van der Waals surface area contributed by atoms with Crippen LogP contribution < -0.4 is 4.74 Å². The summed E-state index contributed by atoms with van der Waals surface area (Å²) in [6.45, 7) is 1.59. The van der Waals surface area contributed by atoms with Crippen LogP contribution in [0.5, 0.6) is 5.75 Å². The number of amides is 2. The van der Waals surface area contributed by atoms with Crippen molar-refractivity contribution >= 4 is 23.4 Å². The van der Waals surface area contributed by atoms with E-state index in [4.69, 9.17) is 21.1 Å². The Balaban J connectivity index is 1.37. The van der Waals surface area contributed by atoms with E-state index in [2.05, 4.69) is 0 Å². The molecule has 1 aliphatic carbocycles. The maximum atomic E-state index is 13.3. The summed E-state index contributed by atoms with van der Waals surface area (Å²) in [6, 6.07) is 12.6. The number of carbonyl (C=O) groups is 2. The predicted octanol–water partition coefficient (Wildman–Crippen LogP) is 4.17. The molecule has 33 heavy (non-hydrogen) atoms. The SMILES string of the molecule is O=C(COc1ccc(Cl)cc1)N1CCOC(CN(C(=O)c2ccc(F)cc2)C2CCCC2)C1. The lowest BCUT2D eigenvalue weighted by Crippen LogP contribution is -2.53. The first kappa shape index (κ1) is 23.5. The van der Waals surface area contributed by atoms with E-state index < -0.39 is 0 Å². The molecule has 1 aliphatic heterocycles. The smallest absolute Gasteiger partial charge is 0.260 e. The monoisotopic (exact) mass is 474 g/mol. The first-order chi connectivity index (χ1) is 16.0. The Kier molecular flexibility index (Phi) is 7.83. The van der Waals surface area contributed by atoms with Crippen LogP contribution in [0, 0.1) is 5.82 Å². The molecule has 2 fully saturated rings. The van der Waals surface area contributed by atoms with Gasteiger partial charge in [-0.15, -0.1) is 0 Å². The minimum Gasteiger partial charge on any atom is -0.484 e. The van der Waals surface area contributed by atoms with Crippen molar-refractivity contribution in [1.82, 2.24) is 9.80 Å². The minimum absolute atomic E-state index is 0.0742. The molecule has 176 valence electrons. The van der Waals surface area contributed by atoms with Crippen molar-refractivity contribution < 1.29 is 23.5 Å². The van der Waals surface area contributed by atoms with E-state index in [-0.39, 0.29) is 36.4 Å². The highest BCUT2D eigenvalue weighted by atomic mass is 35.5. The van der Waals surface area contributed by atoms with Crippen LogP contribution in [0.15, 0.2) is 48.5 Å². The second-order valence-corrected chi connectivity index (χ2v) is 8.91. The van der Waals surface area contributed by atoms with E-state index in [1.54, 1.807) is 29.2 Å². The number of rotatable bonds is 7. The number of hydrogen-bond acceptors (Lipinski definition) is 4. The molecule has 2 aromatic rings. The van der Waals surface area contributed by atoms with E-state index in [0.717, 1.165) is 25.7 Å². The normalized spacial score (nSPS) is 18.8. The second kappa shape index (κ2) is 11.0. The van der Waals surface area contributed by atoms with Crippen LogP contribution in [0.25, 0.3) is 0 Å². The Labute approximate surface area is 198 Å². The van der Waals surface area contributed by atoms with Gasteiger partial charge in [0.15, 0.2) is 6.61 Å². The number of hydrogen-bond donors (Lipinski definition) is 0. The van der Waals surface area contributed by atoms with Gasteiger partial charge in [-0.25, -0.2) is 4.39 Å². The van der Waals surface area contributed by atoms with E-state index >= 15 is 0 Å². The molecule has 0 bridgehead atoms. The Morgan fingerprint density at radius 3 is 2.48 bits per heavy atom. The fourth-order valence-corrected chi connectivity index (χ4v) is 4.54. The van der Waals surface area contributed by atoms with Crippen LogP contribution >= 0.6 is 11.6 Å². The molecular formula is C25H28ClFN2O4. The van der Waals surface area contributed by atoms with Crippen LogP contribution in [0.3, 0.4) is 0 Å². The molecule has 1 unspecified atom stereocenters. The van der Waals surface area contributed by atoms with Crippen molar-refractivity contribution in [3.05, 3.63) is 64.9 Å². The van der Waals surface area contributed by atoms with Gasteiger partial charge in [-0.3, -0.25) is 9.59 Å². The van der Waals surface area contributed by atoms with Gasteiger partial charge < -0.3 is 19.3 Å². The molecule has 8 heteroatoms. The van der Waals surface area contributed by atoms with Gasteiger partial charge >= 0.3 is 0 Å². The van der Waals surface area contributed by atoms with Gasteiger partial charge in [0, 0.05) is 36.3 Å². The molecule has 2 aliphatic rings. The van der Waals surface area contributed by atoms with Crippen molar-refractivity contribution in [1.29, 1.82) is 0 Å². The summed E-state index contributed by atoms with van der Waals surface area (Å²) < 4.78 is 24.9. The highest BCUT2D eigenvalue weighted by molar-refractivity contribution is 6.30. The van der Waals surface area contributed by atoms with Crippen LogP contribution in [0.4, 0.5) is 4.39 Å². The Morgan fingerprint density at radius 2 is 1.79 bits per heavy atom. The van der Waals surface area contributed by atoms with Crippen molar-refractivity contribution in [2.75, 3.05) is 32.8 Å². The minimum atomic E-state index is -0.371. The summed E-state index contributed by atoms with van der Waals surface area (Å²) in [5.41, 5.74) is 0.461. The maximum Gasteiger partial charge on any atom is 0.260 e. The predicted molar refractivity (Wildman–Crippen MR) is 123 cm³/mol.